The van der Waals surface area contributed by atoms with Crippen molar-refractivity contribution in [3.63, 3.8) is 0 Å². The van der Waals surface area contributed by atoms with E-state index in [1.807, 2.05) is 36.1 Å². The van der Waals surface area contributed by atoms with Gasteiger partial charge in [0.05, 0.1) is 6.61 Å². The molecule has 8 heteroatoms. The fourth-order valence-corrected chi connectivity index (χ4v) is 3.36. The normalized spacial score (nSPS) is 22.7. The van der Waals surface area contributed by atoms with Crippen LogP contribution in [0.2, 0.25) is 0 Å². The minimum atomic E-state index is -1.02. The number of nitrogens with one attached hydrogen (secondary N) is 1. The molecule has 0 saturated carbocycles. The molecule has 144 valence electrons. The second-order valence-corrected chi connectivity index (χ2v) is 6.66. The predicted octanol–water partition coefficient (Wildman–Crippen LogP) is 0.475. The molecule has 2 aliphatic rings. The largest absolute Gasteiger partial charge is 0.465 e. The Morgan fingerprint density at radius 2 is 2.07 bits per heavy atom. The molecular formula is C19H24N4O4. The lowest BCUT2D eigenvalue weighted by atomic mass is 9.90. The molecule has 2 heterocycles. The van der Waals surface area contributed by atoms with Gasteiger partial charge >= 0.3 is 5.97 Å². The molecule has 27 heavy (non-hydrogen) atoms. The first-order valence-electron chi connectivity index (χ1n) is 9.09. The van der Waals surface area contributed by atoms with Gasteiger partial charge < -0.3 is 14.5 Å². The fourth-order valence-electron chi connectivity index (χ4n) is 3.36. The number of guanidine groups is 1. The standard InChI is InChI=1S/C19H24N4O4/c1-3-27-18(26)15-16(14-6-4-5-13(2)11-14)20-19(21-17(15)25)23-9-7-22(12-24)8-10-23/h4-6,11-12,15-16H,3,7-10H2,1-2H3,(H,20,21,25)/t15-,16-/m0/s1. The SMILES string of the molecule is CCOC(=O)[C@@H]1C(=O)NC(N2CCN(C=O)CC2)=N[C@H]1c1cccc(C)c1. The van der Waals surface area contributed by atoms with E-state index in [0.29, 0.717) is 32.1 Å². The summed E-state index contributed by atoms with van der Waals surface area (Å²) in [7, 11) is 0. The third-order valence-corrected chi connectivity index (χ3v) is 4.78. The maximum Gasteiger partial charge on any atom is 0.321 e. The molecule has 3 rings (SSSR count). The molecule has 1 N–H and O–H groups in total. The molecule has 1 fully saturated rings. The molecule has 0 aliphatic carbocycles. The second kappa shape index (κ2) is 8.20. The maximum atomic E-state index is 12.8. The van der Waals surface area contributed by atoms with Crippen molar-refractivity contribution in [1.82, 2.24) is 15.1 Å². The van der Waals surface area contributed by atoms with Crippen molar-refractivity contribution in [2.45, 2.75) is 19.9 Å². The molecule has 0 aromatic heterocycles. The Hall–Kier alpha value is -2.90. The highest BCUT2D eigenvalue weighted by Gasteiger charge is 2.42. The lowest BCUT2D eigenvalue weighted by Crippen LogP contribution is -2.57. The Kier molecular flexibility index (Phi) is 5.73. The van der Waals surface area contributed by atoms with E-state index in [4.69, 9.17) is 9.73 Å². The zero-order chi connectivity index (χ0) is 19.4. The van der Waals surface area contributed by atoms with E-state index in [1.165, 1.54) is 0 Å². The third-order valence-electron chi connectivity index (χ3n) is 4.78. The number of aryl methyl sites for hydroxylation is 1. The van der Waals surface area contributed by atoms with Gasteiger partial charge in [-0.15, -0.1) is 0 Å². The highest BCUT2D eigenvalue weighted by Crippen LogP contribution is 2.31. The number of hydrogen-bond acceptors (Lipinski definition) is 6. The van der Waals surface area contributed by atoms with Gasteiger partial charge in [-0.25, -0.2) is 4.99 Å². The number of hydrogen-bond donors (Lipinski definition) is 1. The van der Waals surface area contributed by atoms with Gasteiger partial charge in [0, 0.05) is 26.2 Å². The summed E-state index contributed by atoms with van der Waals surface area (Å²) in [6.07, 6.45) is 0.824. The monoisotopic (exact) mass is 372 g/mol. The smallest absolute Gasteiger partial charge is 0.321 e. The van der Waals surface area contributed by atoms with Crippen LogP contribution in [0, 0.1) is 12.8 Å². The van der Waals surface area contributed by atoms with Gasteiger partial charge in [-0.1, -0.05) is 29.8 Å². The van der Waals surface area contributed by atoms with Crippen LogP contribution in [0.25, 0.3) is 0 Å². The van der Waals surface area contributed by atoms with E-state index in [1.54, 1.807) is 11.8 Å². The summed E-state index contributed by atoms with van der Waals surface area (Å²) in [5.41, 5.74) is 1.82. The summed E-state index contributed by atoms with van der Waals surface area (Å²) < 4.78 is 5.11. The molecule has 8 nitrogen and oxygen atoms in total. The minimum Gasteiger partial charge on any atom is -0.465 e. The van der Waals surface area contributed by atoms with E-state index in [2.05, 4.69) is 5.32 Å². The van der Waals surface area contributed by atoms with Gasteiger partial charge in [0.25, 0.3) is 0 Å². The van der Waals surface area contributed by atoms with Crippen molar-refractivity contribution in [3.8, 4) is 0 Å². The topological polar surface area (TPSA) is 91.3 Å². The quantitative estimate of drug-likeness (QED) is 0.471. The minimum absolute atomic E-state index is 0.202. The lowest BCUT2D eigenvalue weighted by molar-refractivity contribution is -0.153. The predicted molar refractivity (Wildman–Crippen MR) is 98.8 cm³/mol. The third kappa shape index (κ3) is 4.10. The second-order valence-electron chi connectivity index (χ2n) is 6.66. The van der Waals surface area contributed by atoms with Gasteiger partial charge in [0.15, 0.2) is 5.92 Å². The number of esters is 1. The van der Waals surface area contributed by atoms with Crippen LogP contribution in [0.3, 0.4) is 0 Å². The van der Waals surface area contributed by atoms with Crippen LogP contribution >= 0.6 is 0 Å². The average Bonchev–Trinajstić information content (AvgIpc) is 2.67. The van der Waals surface area contributed by atoms with E-state index < -0.39 is 23.8 Å². The van der Waals surface area contributed by atoms with E-state index in [9.17, 15) is 14.4 Å². The van der Waals surface area contributed by atoms with Gasteiger partial charge in [0.1, 0.15) is 6.04 Å². The van der Waals surface area contributed by atoms with Crippen molar-refractivity contribution >= 4 is 24.2 Å². The Morgan fingerprint density at radius 1 is 1.33 bits per heavy atom. The van der Waals surface area contributed by atoms with Gasteiger partial charge in [-0.05, 0) is 19.4 Å². The van der Waals surface area contributed by atoms with Crippen molar-refractivity contribution < 1.29 is 19.1 Å². The Morgan fingerprint density at radius 3 is 2.70 bits per heavy atom. The number of piperazine rings is 1. The number of carbonyl (C=O) groups is 3. The van der Waals surface area contributed by atoms with Crippen LogP contribution < -0.4 is 5.32 Å². The average molecular weight is 372 g/mol. The Bertz CT molecular complexity index is 756. The molecule has 2 amide bonds. The van der Waals surface area contributed by atoms with E-state index >= 15 is 0 Å². The zero-order valence-electron chi connectivity index (χ0n) is 15.6. The molecule has 1 saturated heterocycles. The summed E-state index contributed by atoms with van der Waals surface area (Å²) in [4.78, 5) is 44.4. The van der Waals surface area contributed by atoms with E-state index in [0.717, 1.165) is 17.5 Å². The molecule has 1 aromatic rings. The van der Waals surface area contributed by atoms with Crippen LogP contribution in [0.4, 0.5) is 0 Å². The van der Waals surface area contributed by atoms with Gasteiger partial charge in [-0.3, -0.25) is 19.7 Å². The van der Waals surface area contributed by atoms with Crippen molar-refractivity contribution in [3.05, 3.63) is 35.4 Å². The number of aliphatic imine (C=N–C) groups is 1. The summed E-state index contributed by atoms with van der Waals surface area (Å²) in [5.74, 6) is -1.57. The van der Waals surface area contributed by atoms with Crippen molar-refractivity contribution in [1.29, 1.82) is 0 Å². The molecule has 2 aliphatic heterocycles. The summed E-state index contributed by atoms with van der Waals surface area (Å²) in [6, 6.07) is 7.00. The highest BCUT2D eigenvalue weighted by atomic mass is 16.5. The van der Waals surface area contributed by atoms with E-state index in [-0.39, 0.29) is 6.61 Å². The number of rotatable bonds is 4. The first-order chi connectivity index (χ1) is 13.0. The molecule has 2 atom stereocenters. The van der Waals surface area contributed by atoms with Crippen LogP contribution in [0.15, 0.2) is 29.3 Å². The molecule has 0 bridgehead atoms. The van der Waals surface area contributed by atoms with Crippen LogP contribution in [-0.4, -0.2) is 66.8 Å². The molecular weight excluding hydrogens is 348 g/mol. The summed E-state index contributed by atoms with van der Waals surface area (Å²) in [5, 5.41) is 2.75. The first-order valence-corrected chi connectivity index (χ1v) is 9.09. The molecule has 0 radical (unpaired) electrons. The Balaban J connectivity index is 1.92. The van der Waals surface area contributed by atoms with Crippen LogP contribution in [0.1, 0.15) is 24.1 Å². The number of amides is 2. The zero-order valence-corrected chi connectivity index (χ0v) is 15.6. The summed E-state index contributed by atoms with van der Waals surface area (Å²) >= 11 is 0. The molecule has 0 spiro atoms. The molecule has 0 unspecified atom stereocenters. The Labute approximate surface area is 158 Å². The number of carbonyl (C=O) groups excluding carboxylic acids is 3. The molecule has 1 aromatic carbocycles. The van der Waals surface area contributed by atoms with Crippen molar-refractivity contribution in [2.24, 2.45) is 10.9 Å². The first kappa shape index (κ1) is 18.9. The lowest BCUT2D eigenvalue weighted by Gasteiger charge is -2.37. The van der Waals surface area contributed by atoms with Crippen molar-refractivity contribution in [2.75, 3.05) is 32.8 Å². The van der Waals surface area contributed by atoms with Gasteiger partial charge in [0.2, 0.25) is 18.3 Å². The number of benzene rings is 1. The number of nitrogens with zero attached hydrogens (tertiary/aromatic N) is 3. The maximum absolute atomic E-state index is 12.8. The van der Waals surface area contributed by atoms with Gasteiger partial charge in [-0.2, -0.15) is 0 Å². The highest BCUT2D eigenvalue weighted by molar-refractivity contribution is 6.08. The fraction of sp³-hybridized carbons (Fsp3) is 0.474. The summed E-state index contributed by atoms with van der Waals surface area (Å²) in [6.45, 7) is 6.14. The van der Waals surface area contributed by atoms with Crippen LogP contribution in [-0.2, 0) is 19.1 Å². The number of ether oxygens (including phenoxy) is 1. The van der Waals surface area contributed by atoms with Crippen LogP contribution in [0.5, 0.6) is 0 Å².